The smallest absolute Gasteiger partial charge is 0.163 e. The van der Waals surface area contributed by atoms with Crippen molar-refractivity contribution in [3.05, 3.63) is 64.2 Å². The van der Waals surface area contributed by atoms with Gasteiger partial charge in [-0.3, -0.25) is 4.79 Å². The van der Waals surface area contributed by atoms with E-state index in [1.54, 1.807) is 7.11 Å². The first-order valence-electron chi connectivity index (χ1n) is 6.65. The van der Waals surface area contributed by atoms with E-state index in [0.29, 0.717) is 6.42 Å². The van der Waals surface area contributed by atoms with Crippen molar-refractivity contribution < 1.29 is 9.53 Å². The number of rotatable bonds is 2. The van der Waals surface area contributed by atoms with Gasteiger partial charge in [0.1, 0.15) is 5.75 Å². The van der Waals surface area contributed by atoms with Gasteiger partial charge in [-0.25, -0.2) is 0 Å². The van der Waals surface area contributed by atoms with Crippen LogP contribution in [0.3, 0.4) is 0 Å². The molecule has 1 atom stereocenters. The Hall–Kier alpha value is -1.80. The van der Waals surface area contributed by atoms with Crippen molar-refractivity contribution in [3.63, 3.8) is 0 Å². The fourth-order valence-electron chi connectivity index (χ4n) is 2.85. The predicted octanol–water partition coefficient (Wildman–Crippen LogP) is 4.46. The number of ether oxygens (including phenoxy) is 1. The zero-order valence-electron chi connectivity index (χ0n) is 11.2. The lowest BCUT2D eigenvalue weighted by Gasteiger charge is -2.25. The second-order valence-corrected chi connectivity index (χ2v) is 5.46. The van der Waals surface area contributed by atoms with Crippen molar-refractivity contribution in [3.8, 4) is 5.75 Å². The van der Waals surface area contributed by atoms with Crippen LogP contribution in [0.5, 0.6) is 5.75 Å². The van der Waals surface area contributed by atoms with E-state index in [9.17, 15) is 4.79 Å². The molecule has 2 nitrogen and oxygen atoms in total. The Balaban J connectivity index is 2.11. The summed E-state index contributed by atoms with van der Waals surface area (Å²) in [7, 11) is 1.64. The molecule has 0 bridgehead atoms. The van der Waals surface area contributed by atoms with Crippen molar-refractivity contribution in [2.24, 2.45) is 0 Å². The molecule has 0 amide bonds. The highest BCUT2D eigenvalue weighted by Crippen LogP contribution is 2.38. The number of fused-ring (bicyclic) bond motifs is 1. The second-order valence-electron chi connectivity index (χ2n) is 5.02. The van der Waals surface area contributed by atoms with Gasteiger partial charge in [-0.2, -0.15) is 0 Å². The standard InChI is InChI=1S/C17H15ClO2/c1-20-13-5-6-15-16(10-13)14(7-8-17(15)19)11-3-2-4-12(18)9-11/h2-6,9-10,14H,7-8H2,1H3. The Labute approximate surface area is 123 Å². The summed E-state index contributed by atoms with van der Waals surface area (Å²) < 4.78 is 5.29. The molecular weight excluding hydrogens is 272 g/mol. The lowest BCUT2D eigenvalue weighted by atomic mass is 9.78. The minimum Gasteiger partial charge on any atom is -0.497 e. The molecule has 0 aliphatic heterocycles. The van der Waals surface area contributed by atoms with Crippen LogP contribution in [0.1, 0.15) is 40.2 Å². The van der Waals surface area contributed by atoms with Gasteiger partial charge >= 0.3 is 0 Å². The summed E-state index contributed by atoms with van der Waals surface area (Å²) in [6.07, 6.45) is 1.40. The highest BCUT2D eigenvalue weighted by atomic mass is 35.5. The van der Waals surface area contributed by atoms with Crippen LogP contribution in [0.2, 0.25) is 5.02 Å². The van der Waals surface area contributed by atoms with Gasteiger partial charge in [0, 0.05) is 22.9 Å². The molecule has 0 spiro atoms. The van der Waals surface area contributed by atoms with Gasteiger partial charge in [0.2, 0.25) is 0 Å². The van der Waals surface area contributed by atoms with Crippen LogP contribution in [0, 0.1) is 0 Å². The molecule has 0 heterocycles. The van der Waals surface area contributed by atoms with Crippen LogP contribution in [0.25, 0.3) is 0 Å². The van der Waals surface area contributed by atoms with Gasteiger partial charge in [-0.05, 0) is 47.9 Å². The molecule has 20 heavy (non-hydrogen) atoms. The minimum absolute atomic E-state index is 0.205. The molecule has 1 unspecified atom stereocenters. The van der Waals surface area contributed by atoms with Crippen molar-refractivity contribution in [2.75, 3.05) is 7.11 Å². The Morgan fingerprint density at radius 1 is 1.20 bits per heavy atom. The topological polar surface area (TPSA) is 26.3 Å². The summed E-state index contributed by atoms with van der Waals surface area (Å²) in [5, 5.41) is 0.726. The van der Waals surface area contributed by atoms with Gasteiger partial charge in [0.05, 0.1) is 7.11 Å². The number of carbonyl (C=O) groups excluding carboxylic acids is 1. The molecule has 3 heteroatoms. The number of benzene rings is 2. The molecule has 0 saturated carbocycles. The molecular formula is C17H15ClO2. The van der Waals surface area contributed by atoms with E-state index in [4.69, 9.17) is 16.3 Å². The molecule has 102 valence electrons. The lowest BCUT2D eigenvalue weighted by molar-refractivity contribution is 0.0969. The predicted molar refractivity (Wildman–Crippen MR) is 79.9 cm³/mol. The molecule has 0 saturated heterocycles. The van der Waals surface area contributed by atoms with Crippen molar-refractivity contribution in [1.29, 1.82) is 0 Å². The molecule has 0 N–H and O–H groups in total. The minimum atomic E-state index is 0.205. The maximum absolute atomic E-state index is 12.1. The van der Waals surface area contributed by atoms with Gasteiger partial charge < -0.3 is 4.74 Å². The van der Waals surface area contributed by atoms with Crippen LogP contribution < -0.4 is 4.74 Å². The molecule has 0 aromatic heterocycles. The van der Waals surface area contributed by atoms with Gasteiger partial charge in [0.15, 0.2) is 5.78 Å². The third-order valence-electron chi connectivity index (χ3n) is 3.85. The van der Waals surface area contributed by atoms with Crippen LogP contribution >= 0.6 is 11.6 Å². The maximum atomic E-state index is 12.1. The Morgan fingerprint density at radius 2 is 2.05 bits per heavy atom. The number of methoxy groups -OCH3 is 1. The molecule has 0 radical (unpaired) electrons. The van der Waals surface area contributed by atoms with Gasteiger partial charge in [-0.1, -0.05) is 23.7 Å². The number of hydrogen-bond donors (Lipinski definition) is 0. The van der Waals surface area contributed by atoms with Gasteiger partial charge in [0.25, 0.3) is 0 Å². The van der Waals surface area contributed by atoms with Crippen LogP contribution in [0.4, 0.5) is 0 Å². The molecule has 0 fully saturated rings. The molecule has 1 aliphatic rings. The van der Waals surface area contributed by atoms with E-state index >= 15 is 0 Å². The summed E-state index contributed by atoms with van der Waals surface area (Å²) in [5.41, 5.74) is 3.00. The summed E-state index contributed by atoms with van der Waals surface area (Å²) in [4.78, 5) is 12.1. The summed E-state index contributed by atoms with van der Waals surface area (Å²) in [6.45, 7) is 0. The number of carbonyl (C=O) groups is 1. The zero-order chi connectivity index (χ0) is 14.1. The first-order valence-corrected chi connectivity index (χ1v) is 7.03. The number of Topliss-reactive ketones (excluding diaryl/α,β-unsaturated/α-hetero) is 1. The Bertz CT molecular complexity index is 664. The van der Waals surface area contributed by atoms with Crippen LogP contribution in [-0.4, -0.2) is 12.9 Å². The SMILES string of the molecule is COc1ccc2c(c1)C(c1cccc(Cl)c1)CCC2=O. The van der Waals surface area contributed by atoms with E-state index in [-0.39, 0.29) is 11.7 Å². The zero-order valence-corrected chi connectivity index (χ0v) is 12.0. The van der Waals surface area contributed by atoms with E-state index in [0.717, 1.165) is 33.9 Å². The number of hydrogen-bond acceptors (Lipinski definition) is 2. The quantitative estimate of drug-likeness (QED) is 0.815. The van der Waals surface area contributed by atoms with Gasteiger partial charge in [-0.15, -0.1) is 0 Å². The Morgan fingerprint density at radius 3 is 2.80 bits per heavy atom. The monoisotopic (exact) mass is 286 g/mol. The first-order chi connectivity index (χ1) is 9.69. The first kappa shape index (κ1) is 13.2. The fraction of sp³-hybridized carbons (Fsp3) is 0.235. The van der Waals surface area contributed by atoms with Crippen LogP contribution in [-0.2, 0) is 0 Å². The highest BCUT2D eigenvalue weighted by Gasteiger charge is 2.27. The summed E-state index contributed by atoms with van der Waals surface area (Å²) in [6, 6.07) is 13.5. The third kappa shape index (κ3) is 2.32. The maximum Gasteiger partial charge on any atom is 0.163 e. The van der Waals surface area contributed by atoms with Crippen LogP contribution in [0.15, 0.2) is 42.5 Å². The highest BCUT2D eigenvalue weighted by molar-refractivity contribution is 6.30. The summed E-state index contributed by atoms with van der Waals surface area (Å²) in [5.74, 6) is 1.20. The van der Waals surface area contributed by atoms with Crippen molar-refractivity contribution in [2.45, 2.75) is 18.8 Å². The molecule has 1 aliphatic carbocycles. The molecule has 2 aromatic carbocycles. The second kappa shape index (κ2) is 5.29. The lowest BCUT2D eigenvalue weighted by Crippen LogP contribution is -2.16. The van der Waals surface area contributed by atoms with E-state index < -0.39 is 0 Å². The molecule has 3 rings (SSSR count). The van der Waals surface area contributed by atoms with Crippen molar-refractivity contribution in [1.82, 2.24) is 0 Å². The average Bonchev–Trinajstić information content (AvgIpc) is 2.47. The Kier molecular flexibility index (Phi) is 3.49. The average molecular weight is 287 g/mol. The normalized spacial score (nSPS) is 17.7. The third-order valence-corrected chi connectivity index (χ3v) is 4.08. The number of ketones is 1. The van der Waals surface area contributed by atoms with E-state index in [1.165, 1.54) is 0 Å². The molecule has 2 aromatic rings. The largest absolute Gasteiger partial charge is 0.497 e. The number of halogens is 1. The van der Waals surface area contributed by atoms with Crippen molar-refractivity contribution >= 4 is 17.4 Å². The van der Waals surface area contributed by atoms with E-state index in [1.807, 2.05) is 36.4 Å². The van der Waals surface area contributed by atoms with E-state index in [2.05, 4.69) is 6.07 Å². The fourth-order valence-corrected chi connectivity index (χ4v) is 3.04. The summed E-state index contributed by atoms with van der Waals surface area (Å²) >= 11 is 6.09.